The number of hydrogen-bond acceptors (Lipinski definition) is 6. The largest absolute Gasteiger partial charge is 0.497 e. The standard InChI is InChI=1S/C25H21NO4S2/c1-28-20-11-7-12-21(17-20)29-14-15-30-22-13-6-5-8-18(22)16-23-24(27)26(25(31)32-23)19-9-3-2-4-10-19/h2-13,16-17H,14-15H2,1H3. The molecule has 1 amide bonds. The number of carbonyl (C=O) groups is 1. The van der Waals surface area contributed by atoms with Gasteiger partial charge in [0.15, 0.2) is 4.32 Å². The van der Waals surface area contributed by atoms with Crippen LogP contribution in [0.4, 0.5) is 5.69 Å². The lowest BCUT2D eigenvalue weighted by molar-refractivity contribution is -0.113. The summed E-state index contributed by atoms with van der Waals surface area (Å²) in [5.74, 6) is 1.99. The van der Waals surface area contributed by atoms with Crippen molar-refractivity contribution in [3.05, 3.63) is 89.3 Å². The maximum atomic E-state index is 13.0. The number of hydrogen-bond donors (Lipinski definition) is 0. The summed E-state index contributed by atoms with van der Waals surface area (Å²) in [5.41, 5.74) is 1.57. The summed E-state index contributed by atoms with van der Waals surface area (Å²) >= 11 is 6.73. The Bertz CT molecular complexity index is 1150. The molecule has 4 rings (SSSR count). The number of nitrogens with zero attached hydrogens (tertiary/aromatic N) is 1. The second-order valence-corrected chi connectivity index (χ2v) is 8.44. The van der Waals surface area contributed by atoms with Crippen LogP contribution in [0, 0.1) is 0 Å². The molecule has 0 N–H and O–H groups in total. The van der Waals surface area contributed by atoms with Crippen LogP contribution < -0.4 is 19.1 Å². The average molecular weight is 464 g/mol. The number of benzene rings is 3. The van der Waals surface area contributed by atoms with Crippen LogP contribution >= 0.6 is 24.0 Å². The Kier molecular flexibility index (Phi) is 7.09. The Labute approximate surface area is 196 Å². The number of rotatable bonds is 8. The summed E-state index contributed by atoms with van der Waals surface area (Å²) in [5, 5.41) is 0. The summed E-state index contributed by atoms with van der Waals surface area (Å²) in [6.45, 7) is 0.727. The van der Waals surface area contributed by atoms with E-state index in [1.54, 1.807) is 12.0 Å². The van der Waals surface area contributed by atoms with E-state index in [1.165, 1.54) is 11.8 Å². The van der Waals surface area contributed by atoms with Crippen LogP contribution in [0.2, 0.25) is 0 Å². The van der Waals surface area contributed by atoms with Gasteiger partial charge in [0.05, 0.1) is 17.7 Å². The summed E-state index contributed by atoms with van der Waals surface area (Å²) < 4.78 is 17.4. The molecule has 0 saturated carbocycles. The molecule has 1 aliphatic rings. The fraction of sp³-hybridized carbons (Fsp3) is 0.120. The van der Waals surface area contributed by atoms with E-state index in [9.17, 15) is 4.79 Å². The van der Waals surface area contributed by atoms with E-state index < -0.39 is 0 Å². The molecular weight excluding hydrogens is 442 g/mol. The van der Waals surface area contributed by atoms with Crippen molar-refractivity contribution in [1.82, 2.24) is 0 Å². The highest BCUT2D eigenvalue weighted by molar-refractivity contribution is 8.27. The van der Waals surface area contributed by atoms with Gasteiger partial charge in [-0.05, 0) is 36.4 Å². The van der Waals surface area contributed by atoms with Crippen molar-refractivity contribution in [2.45, 2.75) is 0 Å². The molecule has 7 heteroatoms. The minimum Gasteiger partial charge on any atom is -0.497 e. The van der Waals surface area contributed by atoms with Crippen molar-refractivity contribution in [3.63, 3.8) is 0 Å². The van der Waals surface area contributed by atoms with Gasteiger partial charge in [-0.25, -0.2) is 0 Å². The van der Waals surface area contributed by atoms with E-state index in [-0.39, 0.29) is 5.91 Å². The first kappa shape index (κ1) is 21.9. The molecule has 1 aliphatic heterocycles. The lowest BCUT2D eigenvalue weighted by Crippen LogP contribution is -2.27. The molecule has 3 aromatic carbocycles. The molecule has 0 bridgehead atoms. The molecule has 1 heterocycles. The van der Waals surface area contributed by atoms with Gasteiger partial charge in [-0.3, -0.25) is 9.69 Å². The predicted octanol–water partition coefficient (Wildman–Crippen LogP) is 5.56. The van der Waals surface area contributed by atoms with Crippen LogP contribution in [-0.2, 0) is 4.79 Å². The Morgan fingerprint density at radius 2 is 1.62 bits per heavy atom. The molecule has 1 fully saturated rings. The molecule has 162 valence electrons. The number of methoxy groups -OCH3 is 1. The minimum atomic E-state index is -0.137. The quantitative estimate of drug-likeness (QED) is 0.248. The van der Waals surface area contributed by atoms with Gasteiger partial charge in [0.2, 0.25) is 0 Å². The zero-order chi connectivity index (χ0) is 22.3. The van der Waals surface area contributed by atoms with E-state index >= 15 is 0 Å². The van der Waals surface area contributed by atoms with Gasteiger partial charge >= 0.3 is 0 Å². The van der Waals surface area contributed by atoms with E-state index in [4.69, 9.17) is 26.4 Å². The van der Waals surface area contributed by atoms with Gasteiger partial charge < -0.3 is 14.2 Å². The fourth-order valence-corrected chi connectivity index (χ4v) is 4.43. The van der Waals surface area contributed by atoms with Crippen LogP contribution in [-0.4, -0.2) is 30.6 Å². The first-order valence-corrected chi connectivity index (χ1v) is 11.2. The Morgan fingerprint density at radius 3 is 2.44 bits per heavy atom. The molecule has 1 saturated heterocycles. The minimum absolute atomic E-state index is 0.137. The summed E-state index contributed by atoms with van der Waals surface area (Å²) in [6.07, 6.45) is 1.82. The van der Waals surface area contributed by atoms with Crippen LogP contribution in [0.25, 0.3) is 6.08 Å². The van der Waals surface area contributed by atoms with Crippen molar-refractivity contribution in [2.75, 3.05) is 25.2 Å². The molecule has 0 aromatic heterocycles. The highest BCUT2D eigenvalue weighted by Crippen LogP contribution is 2.37. The third kappa shape index (κ3) is 5.12. The van der Waals surface area contributed by atoms with E-state index in [0.717, 1.165) is 17.0 Å². The average Bonchev–Trinajstić information content (AvgIpc) is 3.11. The zero-order valence-corrected chi connectivity index (χ0v) is 19.0. The highest BCUT2D eigenvalue weighted by atomic mass is 32.2. The van der Waals surface area contributed by atoms with Crippen LogP contribution in [0.15, 0.2) is 83.8 Å². The molecule has 0 radical (unpaired) electrons. The first-order chi connectivity index (χ1) is 15.7. The third-order valence-corrected chi connectivity index (χ3v) is 5.97. The number of carbonyl (C=O) groups excluding carboxylic acids is 1. The lowest BCUT2D eigenvalue weighted by atomic mass is 10.2. The third-order valence-electron chi connectivity index (χ3n) is 4.66. The van der Waals surface area contributed by atoms with Gasteiger partial charge in [0.25, 0.3) is 5.91 Å². The molecule has 3 aromatic rings. The Balaban J connectivity index is 1.42. The number of anilines is 1. The number of thioether (sulfide) groups is 1. The maximum absolute atomic E-state index is 13.0. The highest BCUT2D eigenvalue weighted by Gasteiger charge is 2.33. The summed E-state index contributed by atoms with van der Waals surface area (Å²) in [4.78, 5) is 15.1. The Hall–Kier alpha value is -3.29. The van der Waals surface area contributed by atoms with Gasteiger partial charge in [-0.1, -0.05) is 66.4 Å². The number of ether oxygens (including phenoxy) is 3. The van der Waals surface area contributed by atoms with E-state index in [2.05, 4.69) is 0 Å². The smallest absolute Gasteiger partial charge is 0.270 e. The zero-order valence-electron chi connectivity index (χ0n) is 17.4. The monoisotopic (exact) mass is 463 g/mol. The molecule has 32 heavy (non-hydrogen) atoms. The normalized spacial score (nSPS) is 14.7. The van der Waals surface area contributed by atoms with Crippen molar-refractivity contribution >= 4 is 46.0 Å². The van der Waals surface area contributed by atoms with E-state index in [1.807, 2.05) is 84.9 Å². The Morgan fingerprint density at radius 1 is 0.906 bits per heavy atom. The van der Waals surface area contributed by atoms with Gasteiger partial charge in [-0.15, -0.1) is 0 Å². The molecule has 0 aliphatic carbocycles. The van der Waals surface area contributed by atoms with Crippen molar-refractivity contribution in [1.29, 1.82) is 0 Å². The molecular formula is C25H21NO4S2. The summed E-state index contributed by atoms with van der Waals surface area (Å²) in [6, 6.07) is 24.4. The molecule has 0 atom stereocenters. The number of amides is 1. The summed E-state index contributed by atoms with van der Waals surface area (Å²) in [7, 11) is 1.62. The van der Waals surface area contributed by atoms with E-state index in [0.29, 0.717) is 33.9 Å². The second kappa shape index (κ2) is 10.3. The molecule has 0 unspecified atom stereocenters. The first-order valence-electron chi connectivity index (χ1n) is 9.97. The van der Waals surface area contributed by atoms with Gasteiger partial charge in [-0.2, -0.15) is 0 Å². The van der Waals surface area contributed by atoms with Crippen molar-refractivity contribution < 1.29 is 19.0 Å². The van der Waals surface area contributed by atoms with Crippen molar-refractivity contribution in [3.8, 4) is 17.2 Å². The number of thiocarbonyl (C=S) groups is 1. The van der Waals surface area contributed by atoms with Gasteiger partial charge in [0, 0.05) is 11.6 Å². The number of para-hydroxylation sites is 2. The topological polar surface area (TPSA) is 48.0 Å². The fourth-order valence-electron chi connectivity index (χ4n) is 3.14. The molecule has 5 nitrogen and oxygen atoms in total. The van der Waals surface area contributed by atoms with Crippen LogP contribution in [0.3, 0.4) is 0 Å². The van der Waals surface area contributed by atoms with Crippen molar-refractivity contribution in [2.24, 2.45) is 0 Å². The SMILES string of the molecule is COc1cccc(OCCOc2ccccc2C=C2SC(=S)N(c3ccccc3)C2=O)c1. The maximum Gasteiger partial charge on any atom is 0.270 e. The lowest BCUT2D eigenvalue weighted by Gasteiger charge is -2.14. The van der Waals surface area contributed by atoms with Gasteiger partial charge in [0.1, 0.15) is 30.5 Å². The molecule has 0 spiro atoms. The predicted molar refractivity (Wildman–Crippen MR) is 133 cm³/mol. The van der Waals surface area contributed by atoms with Crippen LogP contribution in [0.1, 0.15) is 5.56 Å². The van der Waals surface area contributed by atoms with Crippen LogP contribution in [0.5, 0.6) is 17.2 Å². The second-order valence-electron chi connectivity index (χ2n) is 6.77.